The lowest BCUT2D eigenvalue weighted by atomic mass is 10.1. The van der Waals surface area contributed by atoms with Gasteiger partial charge in [-0.2, -0.15) is 0 Å². The van der Waals surface area contributed by atoms with Gasteiger partial charge in [-0.3, -0.25) is 0 Å². The second kappa shape index (κ2) is 25.8. The molecule has 0 fully saturated rings. The van der Waals surface area contributed by atoms with Crippen LogP contribution in [-0.2, 0) is 19.0 Å². The van der Waals surface area contributed by atoms with Crippen LogP contribution in [0.4, 0.5) is 0 Å². The molecule has 0 radical (unpaired) electrons. The van der Waals surface area contributed by atoms with Gasteiger partial charge in [-0.25, -0.2) is 5.48 Å². The molecule has 0 atom stereocenters. The molecule has 6 heteroatoms. The molecule has 0 aromatic rings. The Kier molecular flexibility index (Phi) is 25.5. The molecule has 0 aromatic carbocycles. The molecular weight excluding hydrogens is 346 g/mol. The maximum Gasteiger partial charge on any atom is 0.0701 e. The normalized spacial score (nSPS) is 11.3. The van der Waals surface area contributed by atoms with Gasteiger partial charge in [0.2, 0.25) is 0 Å². The second-order valence-electron chi connectivity index (χ2n) is 6.84. The van der Waals surface area contributed by atoms with Gasteiger partial charge in [-0.05, 0) is 6.42 Å². The van der Waals surface area contributed by atoms with Gasteiger partial charge >= 0.3 is 0 Å². The quantitative estimate of drug-likeness (QED) is 0.192. The minimum Gasteiger partial charge on any atom is -0.394 e. The number of hydroxylamine groups is 1. The first-order chi connectivity index (χ1) is 13.4. The minimum atomic E-state index is 0.0530. The van der Waals surface area contributed by atoms with Crippen molar-refractivity contribution in [1.82, 2.24) is 5.48 Å². The van der Waals surface area contributed by atoms with Crippen LogP contribution in [-0.4, -0.2) is 64.5 Å². The average molecular weight is 392 g/mol. The first-order valence-electron chi connectivity index (χ1n) is 11.1. The zero-order valence-electron chi connectivity index (χ0n) is 17.7. The molecule has 0 aliphatic rings. The number of unbranched alkanes of at least 4 members (excludes halogenated alkanes) is 10. The molecule has 27 heavy (non-hydrogen) atoms. The minimum absolute atomic E-state index is 0.0530. The summed E-state index contributed by atoms with van der Waals surface area (Å²) in [6.07, 6.45) is 14.9. The Bertz CT molecular complexity index is 233. The third kappa shape index (κ3) is 25.8. The molecule has 0 saturated carbocycles. The first-order valence-corrected chi connectivity index (χ1v) is 11.1. The van der Waals surface area contributed by atoms with E-state index >= 15 is 0 Å². The van der Waals surface area contributed by atoms with E-state index in [9.17, 15) is 0 Å². The summed E-state index contributed by atoms with van der Waals surface area (Å²) in [5, 5.41) is 8.54. The van der Waals surface area contributed by atoms with Gasteiger partial charge in [-0.15, -0.1) is 0 Å². The maximum absolute atomic E-state index is 8.54. The Balaban J connectivity index is 2.95. The standard InChI is InChI=1S/C21H45NO5/c1-2-3-4-5-6-7-8-9-10-11-12-15-27-22-13-16-24-18-20-26-21-19-25-17-14-23/h22-23H,2-21H2,1H3. The van der Waals surface area contributed by atoms with Gasteiger partial charge in [0.05, 0.1) is 52.9 Å². The summed E-state index contributed by atoms with van der Waals surface area (Å²) in [4.78, 5) is 5.40. The van der Waals surface area contributed by atoms with Crippen molar-refractivity contribution in [3.8, 4) is 0 Å². The summed E-state index contributed by atoms with van der Waals surface area (Å²) >= 11 is 0. The summed E-state index contributed by atoms with van der Waals surface area (Å²) in [6, 6.07) is 0. The van der Waals surface area contributed by atoms with Crippen molar-refractivity contribution in [2.45, 2.75) is 77.6 Å². The Hall–Kier alpha value is -0.240. The van der Waals surface area contributed by atoms with Gasteiger partial charge in [0, 0.05) is 6.54 Å². The lowest BCUT2D eigenvalue weighted by Gasteiger charge is -2.08. The monoisotopic (exact) mass is 391 g/mol. The third-order valence-electron chi connectivity index (χ3n) is 4.28. The van der Waals surface area contributed by atoms with Crippen molar-refractivity contribution < 1.29 is 24.2 Å². The fourth-order valence-electron chi connectivity index (χ4n) is 2.70. The Morgan fingerprint density at radius 3 is 1.59 bits per heavy atom. The zero-order chi connectivity index (χ0) is 19.7. The number of hydrogen-bond donors (Lipinski definition) is 2. The van der Waals surface area contributed by atoms with E-state index in [2.05, 4.69) is 12.4 Å². The van der Waals surface area contributed by atoms with Gasteiger partial charge < -0.3 is 24.2 Å². The van der Waals surface area contributed by atoms with Crippen molar-refractivity contribution in [1.29, 1.82) is 0 Å². The molecule has 6 nitrogen and oxygen atoms in total. The van der Waals surface area contributed by atoms with Crippen LogP contribution in [0.5, 0.6) is 0 Å². The van der Waals surface area contributed by atoms with Gasteiger partial charge in [0.1, 0.15) is 0 Å². The smallest absolute Gasteiger partial charge is 0.0701 e. The summed E-state index contributed by atoms with van der Waals surface area (Å²) in [7, 11) is 0. The van der Waals surface area contributed by atoms with Gasteiger partial charge in [0.15, 0.2) is 0 Å². The molecular formula is C21H45NO5. The molecule has 0 saturated heterocycles. The van der Waals surface area contributed by atoms with E-state index in [1.807, 2.05) is 0 Å². The van der Waals surface area contributed by atoms with Crippen LogP contribution in [0.2, 0.25) is 0 Å². The highest BCUT2D eigenvalue weighted by Crippen LogP contribution is 2.11. The molecule has 0 aliphatic heterocycles. The average Bonchev–Trinajstić information content (AvgIpc) is 2.68. The number of aliphatic hydroxyl groups excluding tert-OH is 1. The van der Waals surface area contributed by atoms with Crippen LogP contribution in [0.25, 0.3) is 0 Å². The second-order valence-corrected chi connectivity index (χ2v) is 6.84. The number of rotatable bonds is 24. The van der Waals surface area contributed by atoms with Crippen molar-refractivity contribution in [3.05, 3.63) is 0 Å². The third-order valence-corrected chi connectivity index (χ3v) is 4.28. The van der Waals surface area contributed by atoms with Crippen molar-refractivity contribution >= 4 is 0 Å². The first kappa shape index (κ1) is 26.8. The molecule has 0 aliphatic carbocycles. The Morgan fingerprint density at radius 2 is 1.04 bits per heavy atom. The van der Waals surface area contributed by atoms with Gasteiger partial charge in [-0.1, -0.05) is 71.1 Å². The molecule has 0 rings (SSSR count). The van der Waals surface area contributed by atoms with E-state index in [1.54, 1.807) is 0 Å². The van der Waals surface area contributed by atoms with Crippen molar-refractivity contribution in [2.75, 3.05) is 59.4 Å². The Morgan fingerprint density at radius 1 is 0.556 bits per heavy atom. The fourth-order valence-corrected chi connectivity index (χ4v) is 2.70. The van der Waals surface area contributed by atoms with Crippen LogP contribution >= 0.6 is 0 Å². The lowest BCUT2D eigenvalue weighted by molar-refractivity contribution is -0.00641. The molecule has 0 unspecified atom stereocenters. The van der Waals surface area contributed by atoms with E-state index in [4.69, 9.17) is 24.2 Å². The highest BCUT2D eigenvalue weighted by atomic mass is 16.6. The summed E-state index contributed by atoms with van der Waals surface area (Å²) in [5.74, 6) is 0. The van der Waals surface area contributed by atoms with Crippen LogP contribution in [0, 0.1) is 0 Å². The van der Waals surface area contributed by atoms with E-state index in [1.165, 1.54) is 64.2 Å². The largest absolute Gasteiger partial charge is 0.394 e. The van der Waals surface area contributed by atoms with E-state index < -0.39 is 0 Å². The highest BCUT2D eigenvalue weighted by molar-refractivity contribution is 4.48. The number of nitrogens with one attached hydrogen (secondary N) is 1. The van der Waals surface area contributed by atoms with Crippen LogP contribution < -0.4 is 5.48 Å². The SMILES string of the molecule is CCCCCCCCCCCCCONCCOCCOCCOCCO. The molecule has 0 heterocycles. The van der Waals surface area contributed by atoms with E-state index in [0.717, 1.165) is 13.0 Å². The number of ether oxygens (including phenoxy) is 3. The molecule has 0 spiro atoms. The predicted octanol–water partition coefficient (Wildman–Crippen LogP) is 3.86. The zero-order valence-corrected chi connectivity index (χ0v) is 17.7. The van der Waals surface area contributed by atoms with Crippen molar-refractivity contribution in [2.24, 2.45) is 0 Å². The molecule has 164 valence electrons. The van der Waals surface area contributed by atoms with E-state index in [-0.39, 0.29) is 6.61 Å². The van der Waals surface area contributed by atoms with E-state index in [0.29, 0.717) is 46.2 Å². The summed E-state index contributed by atoms with van der Waals surface area (Å²) in [6.45, 7) is 6.93. The van der Waals surface area contributed by atoms with Crippen LogP contribution in [0.3, 0.4) is 0 Å². The maximum atomic E-state index is 8.54. The molecule has 0 aromatic heterocycles. The fraction of sp³-hybridized carbons (Fsp3) is 1.00. The molecule has 0 bridgehead atoms. The van der Waals surface area contributed by atoms with Crippen LogP contribution in [0.1, 0.15) is 77.6 Å². The van der Waals surface area contributed by atoms with Gasteiger partial charge in [0.25, 0.3) is 0 Å². The molecule has 0 amide bonds. The van der Waals surface area contributed by atoms with Crippen molar-refractivity contribution in [3.63, 3.8) is 0 Å². The highest BCUT2D eigenvalue weighted by Gasteiger charge is 1.95. The number of hydrogen-bond acceptors (Lipinski definition) is 6. The van der Waals surface area contributed by atoms with Crippen LogP contribution in [0.15, 0.2) is 0 Å². The summed E-state index contributed by atoms with van der Waals surface area (Å²) in [5.41, 5.74) is 2.94. The number of aliphatic hydroxyl groups is 1. The summed E-state index contributed by atoms with van der Waals surface area (Å²) < 4.78 is 15.8. The Labute approximate surface area is 167 Å². The predicted molar refractivity (Wildman–Crippen MR) is 110 cm³/mol. The molecule has 2 N–H and O–H groups in total. The lowest BCUT2D eigenvalue weighted by Crippen LogP contribution is -2.21. The topological polar surface area (TPSA) is 69.2 Å².